The lowest BCUT2D eigenvalue weighted by atomic mass is 10.00. The van der Waals surface area contributed by atoms with Gasteiger partial charge in [-0.2, -0.15) is 0 Å². The zero-order valence-corrected chi connectivity index (χ0v) is 13.5. The van der Waals surface area contributed by atoms with E-state index in [-0.39, 0.29) is 5.91 Å². The maximum Gasteiger partial charge on any atom is 0.261 e. The number of nitrogens with zero attached hydrogens (tertiary/aromatic N) is 2. The maximum absolute atomic E-state index is 12.4. The molecule has 4 rings (SSSR count). The minimum atomic E-state index is 0.0666. The first-order chi connectivity index (χ1) is 10.2. The molecule has 0 aliphatic carbocycles. The topological polar surface area (TPSA) is 45.2 Å². The van der Waals surface area contributed by atoms with E-state index < -0.39 is 0 Å². The van der Waals surface area contributed by atoms with E-state index in [2.05, 4.69) is 15.2 Å². The van der Waals surface area contributed by atoms with Gasteiger partial charge >= 0.3 is 0 Å². The van der Waals surface area contributed by atoms with Gasteiger partial charge in [-0.3, -0.25) is 4.79 Å². The molecule has 1 unspecified atom stereocenters. The molecular formula is C15H17N3OS2. The van der Waals surface area contributed by atoms with Crippen molar-refractivity contribution in [3.05, 3.63) is 27.4 Å². The molecule has 0 radical (unpaired) electrons. The van der Waals surface area contributed by atoms with Crippen LogP contribution in [0.5, 0.6) is 0 Å². The average Bonchev–Trinajstić information content (AvgIpc) is 3.22. The zero-order valence-electron chi connectivity index (χ0n) is 11.8. The molecule has 2 fully saturated rings. The van der Waals surface area contributed by atoms with Gasteiger partial charge in [-0.1, -0.05) is 0 Å². The van der Waals surface area contributed by atoms with E-state index in [1.54, 1.807) is 11.3 Å². The molecule has 2 saturated heterocycles. The fourth-order valence-corrected chi connectivity index (χ4v) is 4.82. The Balaban J connectivity index is 1.46. The lowest BCUT2D eigenvalue weighted by Gasteiger charge is -2.22. The van der Waals surface area contributed by atoms with Crippen LogP contribution in [0.2, 0.25) is 0 Å². The van der Waals surface area contributed by atoms with Crippen LogP contribution in [0.3, 0.4) is 0 Å². The molecule has 2 aliphatic rings. The molecule has 3 atom stereocenters. The number of thiazole rings is 1. The summed E-state index contributed by atoms with van der Waals surface area (Å²) in [4.78, 5) is 21.2. The van der Waals surface area contributed by atoms with Gasteiger partial charge in [0.2, 0.25) is 0 Å². The van der Waals surface area contributed by atoms with Crippen molar-refractivity contribution in [1.82, 2.24) is 15.2 Å². The molecule has 4 heterocycles. The van der Waals surface area contributed by atoms with Crippen molar-refractivity contribution >= 4 is 28.6 Å². The van der Waals surface area contributed by atoms with Crippen LogP contribution in [-0.4, -0.2) is 41.5 Å². The normalized spacial score (nSPS) is 27.2. The van der Waals surface area contributed by atoms with Gasteiger partial charge < -0.3 is 10.2 Å². The molecule has 4 nitrogen and oxygen atoms in total. The highest BCUT2D eigenvalue weighted by Gasteiger charge is 2.38. The van der Waals surface area contributed by atoms with Gasteiger partial charge in [0.05, 0.1) is 20.5 Å². The Kier molecular flexibility index (Phi) is 3.32. The number of piperidine rings is 1. The van der Waals surface area contributed by atoms with Gasteiger partial charge in [0, 0.05) is 24.5 Å². The van der Waals surface area contributed by atoms with E-state index in [0.29, 0.717) is 12.0 Å². The van der Waals surface area contributed by atoms with Crippen molar-refractivity contribution < 1.29 is 4.79 Å². The van der Waals surface area contributed by atoms with Crippen LogP contribution >= 0.6 is 22.7 Å². The van der Waals surface area contributed by atoms with Crippen LogP contribution in [0.15, 0.2) is 17.5 Å². The van der Waals surface area contributed by atoms with Gasteiger partial charge in [0.15, 0.2) is 0 Å². The molecule has 1 amide bonds. The molecule has 0 spiro atoms. The van der Waals surface area contributed by atoms with Crippen molar-refractivity contribution in [3.63, 3.8) is 0 Å². The smallest absolute Gasteiger partial charge is 0.261 e. The number of hydrogen-bond donors (Lipinski definition) is 1. The zero-order chi connectivity index (χ0) is 14.4. The van der Waals surface area contributed by atoms with Gasteiger partial charge in [-0.15, -0.1) is 22.7 Å². The largest absolute Gasteiger partial charge is 0.347 e. The fraction of sp³-hybridized carbons (Fsp3) is 0.467. The van der Waals surface area contributed by atoms with Gasteiger partial charge in [0.25, 0.3) is 5.91 Å². The van der Waals surface area contributed by atoms with Gasteiger partial charge in [0.1, 0.15) is 0 Å². The number of carbonyl (C=O) groups excluding carboxylic acids is 1. The van der Waals surface area contributed by atoms with Crippen molar-refractivity contribution in [2.24, 2.45) is 5.92 Å². The summed E-state index contributed by atoms with van der Waals surface area (Å²) in [7, 11) is 0. The Morgan fingerprint density at radius 2 is 2.33 bits per heavy atom. The van der Waals surface area contributed by atoms with Crippen molar-refractivity contribution in [1.29, 1.82) is 0 Å². The Labute approximate surface area is 131 Å². The third kappa shape index (κ3) is 2.52. The highest BCUT2D eigenvalue weighted by molar-refractivity contribution is 7.17. The minimum Gasteiger partial charge on any atom is -0.347 e. The molecule has 2 bridgehead atoms. The van der Waals surface area contributed by atoms with E-state index in [0.717, 1.165) is 33.5 Å². The van der Waals surface area contributed by atoms with Crippen molar-refractivity contribution in [2.45, 2.75) is 19.4 Å². The standard InChI is InChI=1S/C15H17N3OS2/c1-9-16-12(8-20-9)13-2-3-14(21-13)15(19)17-11-7-18-5-4-10(11)6-18/h2-3,8,10-11H,4-7H2,1H3,(H,17,19)/t10-,11+/m1/s1. The predicted octanol–water partition coefficient (Wildman–Crippen LogP) is 2.61. The van der Waals surface area contributed by atoms with Crippen LogP contribution in [0, 0.1) is 12.8 Å². The van der Waals surface area contributed by atoms with E-state index in [1.165, 1.54) is 24.3 Å². The van der Waals surface area contributed by atoms with Crippen LogP contribution in [-0.2, 0) is 0 Å². The van der Waals surface area contributed by atoms with E-state index >= 15 is 0 Å². The number of fused-ring (bicyclic) bond motifs is 2. The average molecular weight is 319 g/mol. The number of aryl methyl sites for hydroxylation is 1. The maximum atomic E-state index is 12.4. The van der Waals surface area contributed by atoms with E-state index in [1.807, 2.05) is 24.4 Å². The lowest BCUT2D eigenvalue weighted by Crippen LogP contribution is -2.42. The second kappa shape index (κ2) is 5.19. The summed E-state index contributed by atoms with van der Waals surface area (Å²) in [6.45, 7) is 5.36. The first-order valence-electron chi connectivity index (χ1n) is 7.24. The molecule has 0 aromatic carbocycles. The summed E-state index contributed by atoms with van der Waals surface area (Å²) < 4.78 is 0. The predicted molar refractivity (Wildman–Crippen MR) is 86.0 cm³/mol. The van der Waals surface area contributed by atoms with E-state index in [9.17, 15) is 4.79 Å². The van der Waals surface area contributed by atoms with Crippen molar-refractivity contribution in [3.8, 4) is 10.6 Å². The summed E-state index contributed by atoms with van der Waals surface area (Å²) in [6, 6.07) is 4.24. The summed E-state index contributed by atoms with van der Waals surface area (Å²) in [6.07, 6.45) is 1.22. The van der Waals surface area contributed by atoms with Crippen molar-refractivity contribution in [2.75, 3.05) is 19.6 Å². The molecule has 2 aromatic rings. The number of thiophene rings is 1. The third-order valence-electron chi connectivity index (χ3n) is 4.35. The number of amides is 1. The molecule has 6 heteroatoms. The SMILES string of the molecule is Cc1nc(-c2ccc(C(=O)N[C@H]3CN4CC[C@@H]3C4)s2)cs1. The van der Waals surface area contributed by atoms with Crippen LogP contribution in [0.4, 0.5) is 0 Å². The molecular weight excluding hydrogens is 302 g/mol. The second-order valence-corrected chi connectivity index (χ2v) is 7.95. The number of hydrogen-bond acceptors (Lipinski definition) is 5. The highest BCUT2D eigenvalue weighted by atomic mass is 32.1. The third-order valence-corrected chi connectivity index (χ3v) is 6.23. The quantitative estimate of drug-likeness (QED) is 0.946. The summed E-state index contributed by atoms with van der Waals surface area (Å²) in [5.74, 6) is 0.714. The van der Waals surface area contributed by atoms with Gasteiger partial charge in [-0.05, 0) is 37.9 Å². The number of nitrogens with one attached hydrogen (secondary N) is 1. The molecule has 2 aromatic heterocycles. The molecule has 110 valence electrons. The fourth-order valence-electron chi connectivity index (χ4n) is 3.26. The number of aromatic nitrogens is 1. The summed E-state index contributed by atoms with van der Waals surface area (Å²) in [5.41, 5.74) is 0.979. The van der Waals surface area contributed by atoms with E-state index in [4.69, 9.17) is 0 Å². The monoisotopic (exact) mass is 319 g/mol. The Bertz CT molecular complexity index is 678. The Hall–Kier alpha value is -1.24. The molecule has 0 saturated carbocycles. The number of carbonyl (C=O) groups is 1. The first kappa shape index (κ1) is 13.4. The number of rotatable bonds is 3. The Morgan fingerprint density at radius 3 is 3.00 bits per heavy atom. The van der Waals surface area contributed by atoms with Crippen LogP contribution in [0.25, 0.3) is 10.6 Å². The second-order valence-electron chi connectivity index (χ2n) is 5.80. The lowest BCUT2D eigenvalue weighted by molar-refractivity contribution is 0.0928. The van der Waals surface area contributed by atoms with Crippen LogP contribution in [0.1, 0.15) is 21.1 Å². The molecule has 21 heavy (non-hydrogen) atoms. The Morgan fingerprint density at radius 1 is 1.43 bits per heavy atom. The molecule has 1 N–H and O–H groups in total. The minimum absolute atomic E-state index is 0.0666. The van der Waals surface area contributed by atoms with Gasteiger partial charge in [-0.25, -0.2) is 4.98 Å². The first-order valence-corrected chi connectivity index (χ1v) is 8.94. The summed E-state index contributed by atoms with van der Waals surface area (Å²) >= 11 is 3.17. The van der Waals surface area contributed by atoms with Crippen LogP contribution < -0.4 is 5.32 Å². The highest BCUT2D eigenvalue weighted by Crippen LogP contribution is 2.30. The summed E-state index contributed by atoms with van der Waals surface area (Å²) in [5, 5.41) is 6.31. The molecule has 2 aliphatic heterocycles.